The Labute approximate surface area is 186 Å². The van der Waals surface area contributed by atoms with E-state index in [9.17, 15) is 13.2 Å². The minimum atomic E-state index is -3.62. The second-order valence-electron chi connectivity index (χ2n) is 8.33. The van der Waals surface area contributed by atoms with Gasteiger partial charge in [-0.25, -0.2) is 13.1 Å². The molecule has 0 aliphatic carbocycles. The molecule has 31 heavy (non-hydrogen) atoms. The van der Waals surface area contributed by atoms with E-state index in [0.717, 1.165) is 29.8 Å². The standard InChI is InChI=1S/C24H33N3O3S/c1-18-16-23(17-19(2)24(18)26-20(3)28)31(29,30)25-13-12-21-8-10-22(11-9-21)27-14-6-4-5-7-15-27/h8-11,16-17,25H,4-7,12-15H2,1-3H3,(H,26,28). The summed E-state index contributed by atoms with van der Waals surface area (Å²) in [6.45, 7) is 7.58. The highest BCUT2D eigenvalue weighted by Gasteiger charge is 2.17. The van der Waals surface area contributed by atoms with Crippen molar-refractivity contribution < 1.29 is 13.2 Å². The van der Waals surface area contributed by atoms with E-state index in [0.29, 0.717) is 18.7 Å². The first-order chi connectivity index (χ1) is 14.8. The van der Waals surface area contributed by atoms with Gasteiger partial charge in [0.15, 0.2) is 0 Å². The van der Waals surface area contributed by atoms with E-state index in [1.54, 1.807) is 26.0 Å². The quantitative estimate of drug-likeness (QED) is 0.673. The third-order valence-corrected chi connectivity index (χ3v) is 7.17. The molecule has 3 rings (SSSR count). The lowest BCUT2D eigenvalue weighted by Crippen LogP contribution is -2.26. The number of hydrogen-bond donors (Lipinski definition) is 2. The van der Waals surface area contributed by atoms with Crippen LogP contribution in [-0.4, -0.2) is 34.0 Å². The Hall–Kier alpha value is -2.38. The van der Waals surface area contributed by atoms with Crippen molar-refractivity contribution in [2.45, 2.75) is 57.8 Å². The third kappa shape index (κ3) is 6.31. The van der Waals surface area contributed by atoms with Crippen molar-refractivity contribution in [2.75, 3.05) is 29.9 Å². The van der Waals surface area contributed by atoms with Crippen LogP contribution < -0.4 is 14.9 Å². The predicted octanol–water partition coefficient (Wildman–Crippen LogP) is 4.16. The van der Waals surface area contributed by atoms with Gasteiger partial charge in [0.25, 0.3) is 0 Å². The molecule has 0 bridgehead atoms. The lowest BCUT2D eigenvalue weighted by molar-refractivity contribution is -0.114. The highest BCUT2D eigenvalue weighted by Crippen LogP contribution is 2.25. The van der Waals surface area contributed by atoms with E-state index in [1.165, 1.54) is 38.3 Å². The maximum atomic E-state index is 12.7. The van der Waals surface area contributed by atoms with Crippen LogP contribution in [0.2, 0.25) is 0 Å². The lowest BCUT2D eigenvalue weighted by Gasteiger charge is -2.22. The molecule has 2 N–H and O–H groups in total. The smallest absolute Gasteiger partial charge is 0.240 e. The van der Waals surface area contributed by atoms with Crippen molar-refractivity contribution >= 4 is 27.3 Å². The van der Waals surface area contributed by atoms with Crippen LogP contribution in [0.3, 0.4) is 0 Å². The fourth-order valence-electron chi connectivity index (χ4n) is 4.07. The van der Waals surface area contributed by atoms with Crippen molar-refractivity contribution in [3.8, 4) is 0 Å². The topological polar surface area (TPSA) is 78.5 Å². The SMILES string of the molecule is CC(=O)Nc1c(C)cc(S(=O)(=O)NCCc2ccc(N3CCCCCC3)cc2)cc1C. The Morgan fingerprint density at radius 3 is 2.10 bits per heavy atom. The van der Waals surface area contributed by atoms with Gasteiger partial charge in [0.2, 0.25) is 15.9 Å². The first-order valence-corrected chi connectivity index (χ1v) is 12.5. The zero-order chi connectivity index (χ0) is 22.4. The summed E-state index contributed by atoms with van der Waals surface area (Å²) in [7, 11) is -3.62. The molecule has 1 aliphatic heterocycles. The molecule has 168 valence electrons. The Morgan fingerprint density at radius 2 is 1.55 bits per heavy atom. The number of sulfonamides is 1. The molecular weight excluding hydrogens is 410 g/mol. The molecule has 1 aliphatic rings. The first-order valence-electron chi connectivity index (χ1n) is 11.0. The van der Waals surface area contributed by atoms with E-state index in [1.807, 2.05) is 0 Å². The number of carbonyl (C=O) groups excluding carboxylic acids is 1. The molecule has 0 atom stereocenters. The number of benzene rings is 2. The Morgan fingerprint density at radius 1 is 0.968 bits per heavy atom. The molecule has 1 heterocycles. The van der Waals surface area contributed by atoms with Gasteiger partial charge in [-0.1, -0.05) is 25.0 Å². The van der Waals surface area contributed by atoms with Gasteiger partial charge in [-0.15, -0.1) is 0 Å². The van der Waals surface area contributed by atoms with E-state index in [2.05, 4.69) is 39.2 Å². The van der Waals surface area contributed by atoms with Crippen LogP contribution >= 0.6 is 0 Å². The molecule has 1 fully saturated rings. The second kappa shape index (κ2) is 10.3. The third-order valence-electron chi connectivity index (χ3n) is 5.73. The number of nitrogens with zero attached hydrogens (tertiary/aromatic N) is 1. The number of aryl methyl sites for hydroxylation is 2. The van der Waals surface area contributed by atoms with Crippen LogP contribution in [0.25, 0.3) is 0 Å². The predicted molar refractivity (Wildman–Crippen MR) is 126 cm³/mol. The number of amides is 1. The average Bonchev–Trinajstić information content (AvgIpc) is 3.00. The minimum absolute atomic E-state index is 0.179. The zero-order valence-electron chi connectivity index (χ0n) is 18.7. The van der Waals surface area contributed by atoms with Crippen molar-refractivity contribution in [3.05, 3.63) is 53.1 Å². The normalized spacial score (nSPS) is 14.9. The molecule has 0 unspecified atom stereocenters. The van der Waals surface area contributed by atoms with Gasteiger partial charge in [0.05, 0.1) is 4.90 Å². The highest BCUT2D eigenvalue weighted by molar-refractivity contribution is 7.89. The van der Waals surface area contributed by atoms with Gasteiger partial charge in [-0.05, 0) is 74.1 Å². The summed E-state index contributed by atoms with van der Waals surface area (Å²) in [6.07, 6.45) is 5.73. The first kappa shape index (κ1) is 23.3. The molecule has 0 saturated carbocycles. The molecule has 1 saturated heterocycles. The van der Waals surface area contributed by atoms with Crippen LogP contribution in [0, 0.1) is 13.8 Å². The van der Waals surface area contributed by atoms with E-state index >= 15 is 0 Å². The molecular formula is C24H33N3O3S. The Balaban J connectivity index is 1.60. The largest absolute Gasteiger partial charge is 0.372 e. The van der Waals surface area contributed by atoms with E-state index in [-0.39, 0.29) is 10.8 Å². The molecule has 1 amide bonds. The van der Waals surface area contributed by atoms with E-state index in [4.69, 9.17) is 0 Å². The van der Waals surface area contributed by atoms with Crippen LogP contribution in [0.5, 0.6) is 0 Å². The fraction of sp³-hybridized carbons (Fsp3) is 0.458. The van der Waals surface area contributed by atoms with E-state index < -0.39 is 10.0 Å². The van der Waals surface area contributed by atoms with Gasteiger partial charge in [-0.2, -0.15) is 0 Å². The van der Waals surface area contributed by atoms with Gasteiger partial charge in [0, 0.05) is 37.9 Å². The summed E-state index contributed by atoms with van der Waals surface area (Å²) >= 11 is 0. The van der Waals surface area contributed by atoms with Gasteiger partial charge < -0.3 is 10.2 Å². The number of hydrogen-bond acceptors (Lipinski definition) is 4. The zero-order valence-corrected chi connectivity index (χ0v) is 19.5. The van der Waals surface area contributed by atoms with Gasteiger partial charge in [0.1, 0.15) is 0 Å². The van der Waals surface area contributed by atoms with Crippen molar-refractivity contribution in [1.29, 1.82) is 0 Å². The summed E-state index contributed by atoms with van der Waals surface area (Å²) in [4.78, 5) is 14.0. The number of carbonyl (C=O) groups is 1. The van der Waals surface area contributed by atoms with Crippen LogP contribution in [0.1, 0.15) is 49.3 Å². The summed E-state index contributed by atoms with van der Waals surface area (Å²) in [5.41, 5.74) is 4.46. The maximum absolute atomic E-state index is 12.7. The molecule has 0 aromatic heterocycles. The lowest BCUT2D eigenvalue weighted by atomic mass is 10.1. The molecule has 0 spiro atoms. The second-order valence-corrected chi connectivity index (χ2v) is 10.1. The maximum Gasteiger partial charge on any atom is 0.240 e. The van der Waals surface area contributed by atoms with Gasteiger partial charge >= 0.3 is 0 Å². The van der Waals surface area contributed by atoms with Crippen LogP contribution in [-0.2, 0) is 21.2 Å². The highest BCUT2D eigenvalue weighted by atomic mass is 32.2. The number of rotatable bonds is 7. The summed E-state index contributed by atoms with van der Waals surface area (Å²) in [6, 6.07) is 11.6. The Kier molecular flexibility index (Phi) is 7.73. The van der Waals surface area contributed by atoms with Crippen molar-refractivity contribution in [3.63, 3.8) is 0 Å². The van der Waals surface area contributed by atoms with Gasteiger partial charge in [-0.3, -0.25) is 4.79 Å². The fourth-order valence-corrected chi connectivity index (χ4v) is 5.27. The van der Waals surface area contributed by atoms with Crippen LogP contribution in [0.4, 0.5) is 11.4 Å². The Bertz CT molecular complexity index is 986. The molecule has 7 heteroatoms. The number of anilines is 2. The van der Waals surface area contributed by atoms with Crippen LogP contribution in [0.15, 0.2) is 41.3 Å². The molecule has 0 radical (unpaired) electrons. The number of nitrogens with one attached hydrogen (secondary N) is 2. The average molecular weight is 444 g/mol. The summed E-state index contributed by atoms with van der Waals surface area (Å²) in [5.74, 6) is -0.179. The molecule has 2 aromatic rings. The summed E-state index contributed by atoms with van der Waals surface area (Å²) in [5, 5.41) is 2.76. The monoisotopic (exact) mass is 443 g/mol. The van der Waals surface area contributed by atoms with Crippen molar-refractivity contribution in [2.24, 2.45) is 0 Å². The van der Waals surface area contributed by atoms with Crippen molar-refractivity contribution in [1.82, 2.24) is 4.72 Å². The molecule has 2 aromatic carbocycles. The minimum Gasteiger partial charge on any atom is -0.372 e. The summed E-state index contributed by atoms with van der Waals surface area (Å²) < 4.78 is 28.2. The molecule has 6 nitrogen and oxygen atoms in total.